The van der Waals surface area contributed by atoms with E-state index >= 15 is 0 Å². The molecule has 108 valence electrons. The molecular weight excluding hydrogens is 410 g/mol. The normalized spacial score (nSPS) is 13.8. The zero-order valence-electron chi connectivity index (χ0n) is 8.95. The lowest BCUT2D eigenvalue weighted by Gasteiger charge is -2.03. The van der Waals surface area contributed by atoms with E-state index in [1.165, 1.54) is 0 Å². The van der Waals surface area contributed by atoms with Gasteiger partial charge in [0, 0.05) is 15.2 Å². The van der Waals surface area contributed by atoms with Gasteiger partial charge in [-0.25, -0.2) is 0 Å². The van der Waals surface area contributed by atoms with E-state index in [1.807, 2.05) is 0 Å². The minimum Gasteiger partial charge on any atom is -0.165 e. The summed E-state index contributed by atoms with van der Waals surface area (Å²) in [4.78, 5) is -2.36. The van der Waals surface area contributed by atoms with Gasteiger partial charge in [0.05, 0.1) is 14.1 Å². The van der Waals surface area contributed by atoms with Gasteiger partial charge < -0.3 is 0 Å². The van der Waals surface area contributed by atoms with E-state index in [4.69, 9.17) is 0 Å². The second-order valence-electron chi connectivity index (χ2n) is 3.80. The smallest absolute Gasteiger partial charge is 0.165 e. The van der Waals surface area contributed by atoms with Gasteiger partial charge >= 0.3 is 12.4 Å². The minimum absolute atomic E-state index is 0.231. The number of fused-ring (bicyclic) bond motifs is 3. The highest BCUT2D eigenvalue weighted by molar-refractivity contribution is 9.10. The zero-order chi connectivity index (χ0) is 14.9. The molecule has 0 aliphatic rings. The van der Waals surface area contributed by atoms with Crippen molar-refractivity contribution in [2.75, 3.05) is 0 Å². The molecule has 0 saturated carbocycles. The molecule has 0 unspecified atom stereocenters. The van der Waals surface area contributed by atoms with Gasteiger partial charge in [0.2, 0.25) is 0 Å². The van der Waals surface area contributed by atoms with Crippen molar-refractivity contribution in [3.63, 3.8) is 0 Å². The summed E-state index contributed by atoms with van der Waals surface area (Å²) in [7, 11) is 0. The van der Waals surface area contributed by atoms with E-state index < -0.39 is 22.1 Å². The van der Waals surface area contributed by atoms with E-state index in [9.17, 15) is 26.3 Å². The molecule has 3 rings (SSSR count). The molecule has 0 aromatic carbocycles. The second kappa shape index (κ2) is 4.34. The summed E-state index contributed by atoms with van der Waals surface area (Å²) in [5, 5.41) is 1.25. The molecule has 0 fully saturated rings. The van der Waals surface area contributed by atoms with Gasteiger partial charge in [-0.1, -0.05) is 0 Å². The van der Waals surface area contributed by atoms with Crippen LogP contribution in [-0.2, 0) is 12.4 Å². The lowest BCUT2D eigenvalue weighted by atomic mass is 10.2. The first-order valence-electron chi connectivity index (χ1n) is 4.87. The average molecular weight is 411 g/mol. The summed E-state index contributed by atoms with van der Waals surface area (Å²) in [6.07, 6.45) is -9.58. The zero-order valence-corrected chi connectivity index (χ0v) is 13.0. The number of thiophene rings is 3. The molecule has 0 amide bonds. The Labute approximate surface area is 127 Å². The van der Waals surface area contributed by atoms with Crippen LogP contribution in [0, 0.1) is 0 Å². The molecule has 20 heavy (non-hydrogen) atoms. The Hall–Kier alpha value is -0.320. The lowest BCUT2D eigenvalue weighted by Crippen LogP contribution is -2.03. The van der Waals surface area contributed by atoms with Crippen LogP contribution in [0.1, 0.15) is 9.75 Å². The quantitative estimate of drug-likeness (QED) is 0.350. The van der Waals surface area contributed by atoms with Crippen LogP contribution in [-0.4, -0.2) is 0 Å². The van der Waals surface area contributed by atoms with Gasteiger partial charge in [-0.05, 0) is 15.9 Å². The van der Waals surface area contributed by atoms with Crippen molar-refractivity contribution in [1.82, 2.24) is 0 Å². The van der Waals surface area contributed by atoms with Gasteiger partial charge in [-0.15, -0.1) is 34.0 Å². The van der Waals surface area contributed by atoms with Crippen LogP contribution in [0.4, 0.5) is 26.3 Å². The largest absolute Gasteiger partial charge is 0.427 e. The molecule has 10 heteroatoms. The van der Waals surface area contributed by atoms with Gasteiger partial charge in [-0.3, -0.25) is 0 Å². The SMILES string of the molecule is FC(F)(F)c1sc(C(F)(F)F)c2c1sc1c(Br)csc12. The first-order valence-corrected chi connectivity index (χ1v) is 8.17. The van der Waals surface area contributed by atoms with Crippen LogP contribution in [0.25, 0.3) is 19.5 Å². The third kappa shape index (κ3) is 2.08. The maximum absolute atomic E-state index is 13.0. The Bertz CT molecular complexity index is 803. The van der Waals surface area contributed by atoms with Crippen molar-refractivity contribution in [2.45, 2.75) is 12.4 Å². The van der Waals surface area contributed by atoms with E-state index in [0.29, 0.717) is 9.17 Å². The molecule has 0 aliphatic carbocycles. The number of hydrogen-bond acceptors (Lipinski definition) is 3. The average Bonchev–Trinajstić information content (AvgIpc) is 2.86. The molecule has 3 aromatic heterocycles. The minimum atomic E-state index is -4.79. The molecule has 0 N–H and O–H groups in total. The first-order chi connectivity index (χ1) is 9.10. The van der Waals surface area contributed by atoms with E-state index in [0.717, 1.165) is 22.7 Å². The van der Waals surface area contributed by atoms with E-state index in [2.05, 4.69) is 15.9 Å². The molecule has 0 bridgehead atoms. The van der Waals surface area contributed by atoms with Crippen molar-refractivity contribution in [1.29, 1.82) is 0 Å². The van der Waals surface area contributed by atoms with Crippen LogP contribution in [0.15, 0.2) is 9.85 Å². The maximum Gasteiger partial charge on any atom is 0.427 e. The van der Waals surface area contributed by atoms with Crippen LogP contribution in [0.5, 0.6) is 0 Å². The number of alkyl halides is 6. The number of halogens is 7. The van der Waals surface area contributed by atoms with Gasteiger partial charge in [-0.2, -0.15) is 26.3 Å². The van der Waals surface area contributed by atoms with Crippen molar-refractivity contribution < 1.29 is 26.3 Å². The maximum atomic E-state index is 13.0. The molecule has 0 aliphatic heterocycles. The van der Waals surface area contributed by atoms with Gasteiger partial charge in [0.25, 0.3) is 0 Å². The molecule has 3 heterocycles. The summed E-state index contributed by atoms with van der Waals surface area (Å²) < 4.78 is 78.5. The molecule has 0 atom stereocenters. The Balaban J connectivity index is 2.50. The topological polar surface area (TPSA) is 0 Å². The van der Waals surface area contributed by atoms with Crippen LogP contribution in [0.3, 0.4) is 0 Å². The third-order valence-electron chi connectivity index (χ3n) is 2.51. The summed E-state index contributed by atoms with van der Waals surface area (Å²) in [6, 6.07) is 0. The number of rotatable bonds is 0. The Morgan fingerprint density at radius 2 is 1.40 bits per heavy atom. The van der Waals surface area contributed by atoms with E-state index in [-0.39, 0.29) is 26.1 Å². The van der Waals surface area contributed by atoms with Crippen molar-refractivity contribution in [2.24, 2.45) is 0 Å². The molecular formula is C10HBrF6S3. The van der Waals surface area contributed by atoms with Crippen LogP contribution >= 0.6 is 49.9 Å². The molecule has 0 radical (unpaired) electrons. The molecule has 0 saturated heterocycles. The highest BCUT2D eigenvalue weighted by Crippen LogP contribution is 2.55. The predicted octanol–water partition coefficient (Wildman–Crippen LogP) is 6.98. The van der Waals surface area contributed by atoms with Crippen LogP contribution in [0.2, 0.25) is 0 Å². The summed E-state index contributed by atoms with van der Waals surface area (Å²) in [6.45, 7) is 0. The Morgan fingerprint density at radius 3 is 1.95 bits per heavy atom. The van der Waals surface area contributed by atoms with E-state index in [1.54, 1.807) is 5.38 Å². The Kier molecular flexibility index (Phi) is 3.17. The lowest BCUT2D eigenvalue weighted by molar-refractivity contribution is -0.134. The van der Waals surface area contributed by atoms with Crippen molar-refractivity contribution >= 4 is 69.4 Å². The summed E-state index contributed by atoms with van der Waals surface area (Å²) in [5.74, 6) is 0. The fourth-order valence-corrected chi connectivity index (χ4v) is 6.33. The van der Waals surface area contributed by atoms with Crippen LogP contribution < -0.4 is 0 Å². The van der Waals surface area contributed by atoms with Gasteiger partial charge in [0.1, 0.15) is 9.75 Å². The van der Waals surface area contributed by atoms with Crippen molar-refractivity contribution in [3.05, 3.63) is 19.6 Å². The molecule has 3 aromatic rings. The molecule has 0 nitrogen and oxygen atoms in total. The predicted molar refractivity (Wildman–Crippen MR) is 72.8 cm³/mol. The fourth-order valence-electron chi connectivity index (χ4n) is 1.80. The first kappa shape index (κ1) is 14.6. The van der Waals surface area contributed by atoms with Crippen molar-refractivity contribution in [3.8, 4) is 0 Å². The van der Waals surface area contributed by atoms with Gasteiger partial charge in [0.15, 0.2) is 0 Å². The standard InChI is InChI=1S/C10HBrF6S3/c11-2-1-18-5-3-6(19-4(2)5)8(10(15,16)17)20-7(3)9(12,13)14/h1H. The monoisotopic (exact) mass is 410 g/mol. The molecule has 0 spiro atoms. The highest BCUT2D eigenvalue weighted by Gasteiger charge is 2.44. The Morgan fingerprint density at radius 1 is 0.800 bits per heavy atom. The highest BCUT2D eigenvalue weighted by atomic mass is 79.9. The summed E-state index contributed by atoms with van der Waals surface area (Å²) in [5.41, 5.74) is 0. The second-order valence-corrected chi connectivity index (χ2v) is 7.58. The number of hydrogen-bond donors (Lipinski definition) is 0. The summed E-state index contributed by atoms with van der Waals surface area (Å²) >= 11 is 4.66. The third-order valence-corrected chi connectivity index (χ3v) is 7.48. The fraction of sp³-hybridized carbons (Fsp3) is 0.200.